The second kappa shape index (κ2) is 5.50. The van der Waals surface area contributed by atoms with Gasteiger partial charge in [0.1, 0.15) is 5.78 Å². The Labute approximate surface area is 145 Å². The van der Waals surface area contributed by atoms with Crippen LogP contribution >= 0.6 is 0 Å². The van der Waals surface area contributed by atoms with Gasteiger partial charge in [0.25, 0.3) is 0 Å². The molecule has 132 valence electrons. The lowest BCUT2D eigenvalue weighted by molar-refractivity contribution is -0.132. The highest BCUT2D eigenvalue weighted by Gasteiger charge is 2.55. The van der Waals surface area contributed by atoms with Crippen LogP contribution in [0, 0.1) is 11.3 Å². The van der Waals surface area contributed by atoms with Crippen molar-refractivity contribution in [2.24, 2.45) is 11.3 Å². The van der Waals surface area contributed by atoms with Gasteiger partial charge in [-0.25, -0.2) is 0 Å². The zero-order valence-electron chi connectivity index (χ0n) is 15.8. The largest absolute Gasteiger partial charge is 0.504 e. The Morgan fingerprint density at radius 3 is 2.50 bits per heavy atom. The normalized spacial score (nSPS) is 28.5. The summed E-state index contributed by atoms with van der Waals surface area (Å²) in [6, 6.07) is 2.04. The van der Waals surface area contributed by atoms with E-state index in [4.69, 9.17) is 4.74 Å². The van der Waals surface area contributed by atoms with E-state index in [0.29, 0.717) is 18.0 Å². The number of phenols is 1. The van der Waals surface area contributed by atoms with Gasteiger partial charge in [-0.3, -0.25) is 4.79 Å². The Balaban J connectivity index is 2.30. The minimum Gasteiger partial charge on any atom is -0.504 e. The monoisotopic (exact) mass is 330 g/mol. The summed E-state index contributed by atoms with van der Waals surface area (Å²) < 4.78 is 5.69. The molecule has 0 bridgehead atoms. The zero-order chi connectivity index (χ0) is 17.9. The summed E-state index contributed by atoms with van der Waals surface area (Å²) in [4.78, 5) is 13.1. The third kappa shape index (κ3) is 2.28. The molecule has 2 atom stereocenters. The Morgan fingerprint density at radius 2 is 1.92 bits per heavy atom. The third-order valence-electron chi connectivity index (χ3n) is 6.39. The number of ketones is 1. The van der Waals surface area contributed by atoms with E-state index in [1.54, 1.807) is 7.11 Å². The van der Waals surface area contributed by atoms with Gasteiger partial charge in [-0.15, -0.1) is 0 Å². The van der Waals surface area contributed by atoms with E-state index in [0.717, 1.165) is 36.0 Å². The van der Waals surface area contributed by atoms with Crippen molar-refractivity contribution >= 4 is 5.78 Å². The standard InChI is InChI=1S/C21H30O3/c1-12(2)14-10-13-11-15(22)19-20(3,4)8-7-9-21(19,5)16(13)18(24-6)17(14)23/h10,12,19,23H,7-9,11H2,1-6H3/t19-,21+/m0/s1. The molecule has 2 aliphatic carbocycles. The molecule has 1 saturated carbocycles. The number of phenolic OH excluding ortho intramolecular Hbond substituents is 1. The molecular formula is C21H30O3. The minimum absolute atomic E-state index is 0.00977. The Morgan fingerprint density at radius 1 is 1.25 bits per heavy atom. The predicted octanol–water partition coefficient (Wildman–Crippen LogP) is 4.73. The summed E-state index contributed by atoms with van der Waals surface area (Å²) in [6.07, 6.45) is 3.60. The van der Waals surface area contributed by atoms with Crippen LogP contribution in [-0.2, 0) is 16.6 Å². The van der Waals surface area contributed by atoms with Gasteiger partial charge in [-0.2, -0.15) is 0 Å². The van der Waals surface area contributed by atoms with E-state index < -0.39 is 0 Å². The van der Waals surface area contributed by atoms with Gasteiger partial charge >= 0.3 is 0 Å². The summed E-state index contributed by atoms with van der Waals surface area (Å²) in [6.45, 7) is 10.7. The van der Waals surface area contributed by atoms with E-state index in [9.17, 15) is 9.90 Å². The molecular weight excluding hydrogens is 300 g/mol. The smallest absolute Gasteiger partial charge is 0.164 e. The molecule has 0 unspecified atom stereocenters. The molecule has 2 aliphatic rings. The van der Waals surface area contributed by atoms with Crippen LogP contribution < -0.4 is 4.74 Å². The van der Waals surface area contributed by atoms with Crippen molar-refractivity contribution in [3.8, 4) is 11.5 Å². The SMILES string of the molecule is COc1c(O)c(C(C)C)cc2c1[C@@]1(C)CCCC(C)(C)[C@@H]1C(=O)C2. The number of aromatic hydroxyl groups is 1. The van der Waals surface area contributed by atoms with E-state index in [-0.39, 0.29) is 28.4 Å². The lowest BCUT2D eigenvalue weighted by Crippen LogP contribution is -2.52. The van der Waals surface area contributed by atoms with Crippen LogP contribution in [0.5, 0.6) is 11.5 Å². The Hall–Kier alpha value is -1.51. The number of fused-ring (bicyclic) bond motifs is 3. The number of rotatable bonds is 2. The molecule has 0 radical (unpaired) electrons. The average Bonchev–Trinajstić information content (AvgIpc) is 2.45. The van der Waals surface area contributed by atoms with Crippen LogP contribution in [0.1, 0.15) is 76.5 Å². The highest BCUT2D eigenvalue weighted by atomic mass is 16.5. The van der Waals surface area contributed by atoms with Crippen LogP contribution in [0.15, 0.2) is 6.07 Å². The fraction of sp³-hybridized carbons (Fsp3) is 0.667. The molecule has 0 spiro atoms. The average molecular weight is 330 g/mol. The molecule has 3 rings (SSSR count). The maximum absolute atomic E-state index is 13.1. The third-order valence-corrected chi connectivity index (χ3v) is 6.39. The van der Waals surface area contributed by atoms with Crippen molar-refractivity contribution in [1.29, 1.82) is 0 Å². The molecule has 0 aromatic heterocycles. The van der Waals surface area contributed by atoms with Crippen LogP contribution in [0.2, 0.25) is 0 Å². The van der Waals surface area contributed by atoms with E-state index in [1.807, 2.05) is 6.07 Å². The second-order valence-corrected chi connectivity index (χ2v) is 8.87. The van der Waals surface area contributed by atoms with Gasteiger partial charge in [-0.1, -0.05) is 47.1 Å². The van der Waals surface area contributed by atoms with Gasteiger partial charge in [0.15, 0.2) is 11.5 Å². The number of benzene rings is 1. The number of carbonyl (C=O) groups excluding carboxylic acids is 1. The maximum Gasteiger partial charge on any atom is 0.164 e. The first-order valence-electron chi connectivity index (χ1n) is 9.09. The Bertz CT molecular complexity index is 687. The topological polar surface area (TPSA) is 46.5 Å². The van der Waals surface area contributed by atoms with Crippen molar-refractivity contribution in [3.05, 3.63) is 22.8 Å². The molecule has 0 aliphatic heterocycles. The van der Waals surface area contributed by atoms with Crippen LogP contribution in [-0.4, -0.2) is 18.0 Å². The lowest BCUT2D eigenvalue weighted by atomic mass is 9.49. The molecule has 1 aromatic rings. The highest BCUT2D eigenvalue weighted by molar-refractivity contribution is 5.89. The van der Waals surface area contributed by atoms with Gasteiger partial charge in [-0.05, 0) is 29.7 Å². The quantitative estimate of drug-likeness (QED) is 0.852. The van der Waals surface area contributed by atoms with E-state index in [1.165, 1.54) is 0 Å². The number of hydrogen-bond acceptors (Lipinski definition) is 3. The molecule has 24 heavy (non-hydrogen) atoms. The van der Waals surface area contributed by atoms with Crippen LogP contribution in [0.25, 0.3) is 0 Å². The summed E-state index contributed by atoms with van der Waals surface area (Å²) in [5, 5.41) is 10.8. The predicted molar refractivity (Wildman–Crippen MR) is 95.9 cm³/mol. The highest BCUT2D eigenvalue weighted by Crippen LogP contribution is 2.59. The van der Waals surface area contributed by atoms with Crippen LogP contribution in [0.3, 0.4) is 0 Å². The molecule has 1 aromatic carbocycles. The molecule has 3 nitrogen and oxygen atoms in total. The maximum atomic E-state index is 13.1. The summed E-state index contributed by atoms with van der Waals surface area (Å²) in [5.74, 6) is 1.37. The van der Waals surface area contributed by atoms with Crippen molar-refractivity contribution in [3.63, 3.8) is 0 Å². The summed E-state index contributed by atoms with van der Waals surface area (Å²) >= 11 is 0. The molecule has 0 heterocycles. The summed E-state index contributed by atoms with van der Waals surface area (Å²) in [7, 11) is 1.63. The van der Waals surface area contributed by atoms with Gasteiger partial charge in [0.05, 0.1) is 7.11 Å². The van der Waals surface area contributed by atoms with Crippen LogP contribution in [0.4, 0.5) is 0 Å². The number of ether oxygens (including phenoxy) is 1. The van der Waals surface area contributed by atoms with E-state index in [2.05, 4.69) is 34.6 Å². The van der Waals surface area contributed by atoms with Gasteiger partial charge < -0.3 is 9.84 Å². The molecule has 3 heteroatoms. The minimum atomic E-state index is -0.259. The summed E-state index contributed by atoms with van der Waals surface area (Å²) in [5.41, 5.74) is 2.72. The Kier molecular flexibility index (Phi) is 3.97. The number of methoxy groups -OCH3 is 1. The molecule has 0 amide bonds. The first kappa shape index (κ1) is 17.3. The number of carbonyl (C=O) groups is 1. The fourth-order valence-corrected chi connectivity index (χ4v) is 5.54. The first-order chi connectivity index (χ1) is 11.1. The second-order valence-electron chi connectivity index (χ2n) is 8.87. The van der Waals surface area contributed by atoms with Gasteiger partial charge in [0.2, 0.25) is 0 Å². The first-order valence-corrected chi connectivity index (χ1v) is 9.09. The van der Waals surface area contributed by atoms with Crippen molar-refractivity contribution < 1.29 is 14.6 Å². The van der Waals surface area contributed by atoms with Crippen molar-refractivity contribution in [2.75, 3.05) is 7.11 Å². The fourth-order valence-electron chi connectivity index (χ4n) is 5.54. The van der Waals surface area contributed by atoms with Crippen molar-refractivity contribution in [1.82, 2.24) is 0 Å². The van der Waals surface area contributed by atoms with Crippen molar-refractivity contribution in [2.45, 2.75) is 71.6 Å². The number of hydrogen-bond donors (Lipinski definition) is 1. The lowest BCUT2D eigenvalue weighted by Gasteiger charge is -2.53. The molecule has 0 saturated heterocycles. The van der Waals surface area contributed by atoms with E-state index >= 15 is 0 Å². The molecule has 1 N–H and O–H groups in total. The van der Waals surface area contributed by atoms with Gasteiger partial charge in [0, 0.05) is 28.9 Å². The molecule has 1 fully saturated rings. The zero-order valence-corrected chi connectivity index (χ0v) is 15.8. The number of Topliss-reactive ketones (excluding diaryl/α,β-unsaturated/α-hetero) is 1.